The standard InChI is InChI=1S/C11H14FN5/c12-8-3-4-10(9(13)6-8)14-5-1-2-11-15-7-16-17-11/h3-4,6-7,14H,1-2,5,13H2,(H,15,16,17). The highest BCUT2D eigenvalue weighted by Crippen LogP contribution is 2.18. The van der Waals surface area contributed by atoms with Crippen molar-refractivity contribution in [1.82, 2.24) is 15.2 Å². The van der Waals surface area contributed by atoms with Crippen LogP contribution in [0.4, 0.5) is 15.8 Å². The van der Waals surface area contributed by atoms with Gasteiger partial charge in [0.15, 0.2) is 0 Å². The van der Waals surface area contributed by atoms with Crippen molar-refractivity contribution in [3.05, 3.63) is 36.2 Å². The highest BCUT2D eigenvalue weighted by atomic mass is 19.1. The highest BCUT2D eigenvalue weighted by molar-refractivity contribution is 5.65. The van der Waals surface area contributed by atoms with Crippen LogP contribution in [0.1, 0.15) is 12.2 Å². The third-order valence-corrected chi connectivity index (χ3v) is 2.38. The normalized spacial score (nSPS) is 10.4. The molecule has 0 amide bonds. The van der Waals surface area contributed by atoms with E-state index in [1.165, 1.54) is 18.5 Å². The van der Waals surface area contributed by atoms with E-state index in [4.69, 9.17) is 5.73 Å². The second-order valence-electron chi connectivity index (χ2n) is 3.69. The van der Waals surface area contributed by atoms with Crippen LogP contribution in [0.15, 0.2) is 24.5 Å². The SMILES string of the molecule is Nc1cc(F)ccc1NCCCc1ncn[nH]1. The van der Waals surface area contributed by atoms with Gasteiger partial charge in [-0.25, -0.2) is 9.37 Å². The van der Waals surface area contributed by atoms with E-state index in [0.29, 0.717) is 5.69 Å². The zero-order valence-corrected chi connectivity index (χ0v) is 9.28. The van der Waals surface area contributed by atoms with Gasteiger partial charge >= 0.3 is 0 Å². The molecule has 1 heterocycles. The summed E-state index contributed by atoms with van der Waals surface area (Å²) < 4.78 is 12.8. The second-order valence-corrected chi connectivity index (χ2v) is 3.69. The number of hydrogen-bond donors (Lipinski definition) is 3. The summed E-state index contributed by atoms with van der Waals surface area (Å²) in [5.41, 5.74) is 6.84. The van der Waals surface area contributed by atoms with Crippen LogP contribution in [0.3, 0.4) is 0 Å². The van der Waals surface area contributed by atoms with Gasteiger partial charge in [0.1, 0.15) is 18.0 Å². The lowest BCUT2D eigenvalue weighted by atomic mass is 10.2. The third kappa shape index (κ3) is 3.17. The molecule has 5 nitrogen and oxygen atoms in total. The molecule has 0 aliphatic carbocycles. The molecule has 2 aromatic rings. The van der Waals surface area contributed by atoms with Crippen LogP contribution >= 0.6 is 0 Å². The number of nitrogens with zero attached hydrogens (tertiary/aromatic N) is 2. The molecule has 0 aliphatic heterocycles. The molecule has 4 N–H and O–H groups in total. The van der Waals surface area contributed by atoms with Crippen molar-refractivity contribution in [1.29, 1.82) is 0 Å². The minimum atomic E-state index is -0.324. The number of nitrogen functional groups attached to an aromatic ring is 1. The third-order valence-electron chi connectivity index (χ3n) is 2.38. The van der Waals surface area contributed by atoms with E-state index < -0.39 is 0 Å². The van der Waals surface area contributed by atoms with Gasteiger partial charge < -0.3 is 11.1 Å². The van der Waals surface area contributed by atoms with Crippen LogP contribution in [0.2, 0.25) is 0 Å². The highest BCUT2D eigenvalue weighted by Gasteiger charge is 2.00. The van der Waals surface area contributed by atoms with Gasteiger partial charge in [0.05, 0.1) is 11.4 Å². The summed E-state index contributed by atoms with van der Waals surface area (Å²) in [5, 5.41) is 9.71. The fourth-order valence-electron chi connectivity index (χ4n) is 1.52. The number of halogens is 1. The van der Waals surface area contributed by atoms with Crippen molar-refractivity contribution >= 4 is 11.4 Å². The Hall–Kier alpha value is -2.11. The number of H-pyrrole nitrogens is 1. The van der Waals surface area contributed by atoms with Crippen LogP contribution in [0.5, 0.6) is 0 Å². The topological polar surface area (TPSA) is 79.6 Å². The van der Waals surface area contributed by atoms with E-state index in [1.54, 1.807) is 6.07 Å². The van der Waals surface area contributed by atoms with Crippen LogP contribution in [-0.2, 0) is 6.42 Å². The Morgan fingerprint density at radius 1 is 1.41 bits per heavy atom. The van der Waals surface area contributed by atoms with Crippen molar-refractivity contribution in [2.24, 2.45) is 0 Å². The number of benzene rings is 1. The summed E-state index contributed by atoms with van der Waals surface area (Å²) in [6, 6.07) is 4.33. The van der Waals surface area contributed by atoms with Crippen molar-refractivity contribution in [3.8, 4) is 0 Å². The van der Waals surface area contributed by atoms with Crippen molar-refractivity contribution in [2.45, 2.75) is 12.8 Å². The maximum atomic E-state index is 12.8. The van der Waals surface area contributed by atoms with E-state index in [0.717, 1.165) is 30.9 Å². The molecule has 0 saturated heterocycles. The van der Waals surface area contributed by atoms with Gasteiger partial charge in [-0.2, -0.15) is 5.10 Å². The molecule has 0 radical (unpaired) electrons. The number of aryl methyl sites for hydroxylation is 1. The molecule has 90 valence electrons. The summed E-state index contributed by atoms with van der Waals surface area (Å²) in [5.74, 6) is 0.536. The average Bonchev–Trinajstić information content (AvgIpc) is 2.79. The lowest BCUT2D eigenvalue weighted by Gasteiger charge is -2.08. The number of aromatic nitrogens is 3. The van der Waals surface area contributed by atoms with Gasteiger partial charge in [0.25, 0.3) is 0 Å². The zero-order valence-electron chi connectivity index (χ0n) is 9.28. The second kappa shape index (κ2) is 5.29. The first-order valence-electron chi connectivity index (χ1n) is 5.39. The van der Waals surface area contributed by atoms with Crippen LogP contribution in [0, 0.1) is 5.82 Å². The summed E-state index contributed by atoms with van der Waals surface area (Å²) in [4.78, 5) is 4.02. The van der Waals surface area contributed by atoms with Gasteiger partial charge in [0, 0.05) is 13.0 Å². The van der Waals surface area contributed by atoms with Crippen molar-refractivity contribution in [2.75, 3.05) is 17.6 Å². The molecule has 1 aromatic heterocycles. The number of aromatic amines is 1. The van der Waals surface area contributed by atoms with Crippen LogP contribution in [0.25, 0.3) is 0 Å². The van der Waals surface area contributed by atoms with E-state index in [9.17, 15) is 4.39 Å². The summed E-state index contributed by atoms with van der Waals surface area (Å²) >= 11 is 0. The van der Waals surface area contributed by atoms with Gasteiger partial charge in [-0.05, 0) is 24.6 Å². The molecule has 0 aliphatic rings. The van der Waals surface area contributed by atoms with Gasteiger partial charge in [-0.15, -0.1) is 0 Å². The Balaban J connectivity index is 1.78. The summed E-state index contributed by atoms with van der Waals surface area (Å²) in [6.07, 6.45) is 3.20. The largest absolute Gasteiger partial charge is 0.397 e. The molecule has 17 heavy (non-hydrogen) atoms. The fourth-order valence-corrected chi connectivity index (χ4v) is 1.52. The minimum absolute atomic E-state index is 0.324. The molecular weight excluding hydrogens is 221 g/mol. The first kappa shape index (κ1) is 11.4. The molecule has 0 unspecified atom stereocenters. The Bertz CT molecular complexity index is 469. The number of anilines is 2. The number of nitrogens with two attached hydrogens (primary N) is 1. The number of hydrogen-bond acceptors (Lipinski definition) is 4. The minimum Gasteiger partial charge on any atom is -0.397 e. The quantitative estimate of drug-likeness (QED) is 0.543. The molecular formula is C11H14FN5. The van der Waals surface area contributed by atoms with E-state index in [1.807, 2.05) is 0 Å². The monoisotopic (exact) mass is 235 g/mol. The first-order valence-corrected chi connectivity index (χ1v) is 5.39. The predicted molar refractivity (Wildman–Crippen MR) is 64.0 cm³/mol. The van der Waals surface area contributed by atoms with Gasteiger partial charge in [-0.1, -0.05) is 0 Å². The number of rotatable bonds is 5. The summed E-state index contributed by atoms with van der Waals surface area (Å²) in [7, 11) is 0. The molecule has 0 saturated carbocycles. The van der Waals surface area contributed by atoms with Crippen molar-refractivity contribution in [3.63, 3.8) is 0 Å². The Morgan fingerprint density at radius 3 is 3.00 bits per heavy atom. The Kier molecular flexibility index (Phi) is 3.54. The molecule has 0 atom stereocenters. The Labute approximate surface area is 98.3 Å². The molecule has 2 rings (SSSR count). The number of nitrogens with one attached hydrogen (secondary N) is 2. The maximum Gasteiger partial charge on any atom is 0.137 e. The lowest BCUT2D eigenvalue weighted by Crippen LogP contribution is -2.06. The van der Waals surface area contributed by atoms with E-state index in [2.05, 4.69) is 20.5 Å². The Morgan fingerprint density at radius 2 is 2.29 bits per heavy atom. The molecule has 0 spiro atoms. The van der Waals surface area contributed by atoms with E-state index in [-0.39, 0.29) is 5.82 Å². The molecule has 0 bridgehead atoms. The zero-order chi connectivity index (χ0) is 12.1. The van der Waals surface area contributed by atoms with Crippen molar-refractivity contribution < 1.29 is 4.39 Å². The fraction of sp³-hybridized carbons (Fsp3) is 0.273. The predicted octanol–water partition coefficient (Wildman–Crippen LogP) is 1.57. The average molecular weight is 235 g/mol. The van der Waals surface area contributed by atoms with E-state index >= 15 is 0 Å². The van der Waals surface area contributed by atoms with Gasteiger partial charge in [-0.3, -0.25) is 5.10 Å². The molecule has 0 fully saturated rings. The lowest BCUT2D eigenvalue weighted by molar-refractivity contribution is 0.628. The summed E-state index contributed by atoms with van der Waals surface area (Å²) in [6.45, 7) is 0.747. The van der Waals surface area contributed by atoms with Gasteiger partial charge in [0.2, 0.25) is 0 Å². The molecule has 6 heteroatoms. The maximum absolute atomic E-state index is 12.8. The van der Waals surface area contributed by atoms with Crippen LogP contribution < -0.4 is 11.1 Å². The van der Waals surface area contributed by atoms with Crippen LogP contribution in [-0.4, -0.2) is 21.7 Å². The molecule has 1 aromatic carbocycles. The smallest absolute Gasteiger partial charge is 0.137 e. The first-order chi connectivity index (χ1) is 8.25.